The van der Waals surface area contributed by atoms with Gasteiger partial charge < -0.3 is 9.84 Å². The summed E-state index contributed by atoms with van der Waals surface area (Å²) in [6.07, 6.45) is -0.220. The van der Waals surface area contributed by atoms with Crippen molar-refractivity contribution in [1.82, 2.24) is 0 Å². The molecule has 68 valence electrons. The summed E-state index contributed by atoms with van der Waals surface area (Å²) >= 11 is 0. The van der Waals surface area contributed by atoms with Crippen molar-refractivity contribution < 1.29 is 14.6 Å². The Hall–Kier alpha value is -1.51. The normalized spacial score (nSPS) is 19.3. The number of fused-ring (bicyclic) bond motifs is 1. The monoisotopic (exact) mass is 178 g/mol. The lowest BCUT2D eigenvalue weighted by atomic mass is 10.1. The maximum Gasteiger partial charge on any atom is 0.345 e. The van der Waals surface area contributed by atoms with Crippen LogP contribution in [0.15, 0.2) is 18.2 Å². The van der Waals surface area contributed by atoms with Gasteiger partial charge in [0.15, 0.2) is 6.10 Å². The zero-order chi connectivity index (χ0) is 9.42. The summed E-state index contributed by atoms with van der Waals surface area (Å²) in [5.74, 6) is -0.179. The Kier molecular flexibility index (Phi) is 1.72. The molecule has 13 heavy (non-hydrogen) atoms. The van der Waals surface area contributed by atoms with Gasteiger partial charge in [-0.1, -0.05) is 12.1 Å². The number of benzene rings is 1. The molecule has 1 aromatic carbocycles. The smallest absolute Gasteiger partial charge is 0.345 e. The maximum atomic E-state index is 10.6. The predicted octanol–water partition coefficient (Wildman–Crippen LogP) is 1.38. The van der Waals surface area contributed by atoms with Gasteiger partial charge in [0.1, 0.15) is 5.75 Å². The maximum absolute atomic E-state index is 10.6. The number of hydrogen-bond donors (Lipinski definition) is 1. The highest BCUT2D eigenvalue weighted by molar-refractivity contribution is 5.74. The third-order valence-electron chi connectivity index (χ3n) is 2.17. The third kappa shape index (κ3) is 1.37. The molecule has 1 heterocycles. The molecule has 3 heteroatoms. The molecule has 2 rings (SSSR count). The number of rotatable bonds is 1. The average molecular weight is 178 g/mol. The lowest BCUT2D eigenvalue weighted by molar-refractivity contribution is -0.144. The summed E-state index contributed by atoms with van der Waals surface area (Å²) in [5, 5.41) is 8.73. The third-order valence-corrected chi connectivity index (χ3v) is 2.17. The molecule has 1 aliphatic rings. The Labute approximate surface area is 76.0 Å². The molecule has 0 radical (unpaired) electrons. The van der Waals surface area contributed by atoms with E-state index in [9.17, 15) is 4.79 Å². The summed E-state index contributed by atoms with van der Waals surface area (Å²) in [6, 6.07) is 5.76. The largest absolute Gasteiger partial charge is 0.478 e. The first-order valence-corrected chi connectivity index (χ1v) is 4.16. The number of hydrogen-bond acceptors (Lipinski definition) is 2. The number of carboxylic acids is 1. The summed E-state index contributed by atoms with van der Waals surface area (Å²) in [5.41, 5.74) is 2.07. The second-order valence-electron chi connectivity index (χ2n) is 3.26. The van der Waals surface area contributed by atoms with Crippen LogP contribution in [0.1, 0.15) is 11.1 Å². The van der Waals surface area contributed by atoms with Crippen molar-refractivity contribution >= 4 is 5.97 Å². The van der Waals surface area contributed by atoms with Crippen molar-refractivity contribution in [2.45, 2.75) is 19.4 Å². The fourth-order valence-electron chi connectivity index (χ4n) is 1.47. The van der Waals surface area contributed by atoms with Crippen LogP contribution in [0.25, 0.3) is 0 Å². The van der Waals surface area contributed by atoms with Crippen LogP contribution in [-0.2, 0) is 11.2 Å². The molecular weight excluding hydrogens is 168 g/mol. The Morgan fingerprint density at radius 1 is 1.62 bits per heavy atom. The Balaban J connectivity index is 2.30. The van der Waals surface area contributed by atoms with Crippen molar-refractivity contribution in [2.75, 3.05) is 0 Å². The lowest BCUT2D eigenvalue weighted by Crippen LogP contribution is -2.24. The van der Waals surface area contributed by atoms with E-state index in [1.807, 2.05) is 25.1 Å². The standard InChI is InChI=1S/C10H10O3/c1-6-2-3-7-5-9(10(11)12)13-8(7)4-6/h2-4,9H,5H2,1H3,(H,11,12). The van der Waals surface area contributed by atoms with E-state index in [0.29, 0.717) is 12.2 Å². The van der Waals surface area contributed by atoms with Gasteiger partial charge in [-0.2, -0.15) is 0 Å². The van der Waals surface area contributed by atoms with Gasteiger partial charge in [0.05, 0.1) is 0 Å². The zero-order valence-corrected chi connectivity index (χ0v) is 7.28. The van der Waals surface area contributed by atoms with Crippen molar-refractivity contribution in [3.05, 3.63) is 29.3 Å². The molecule has 0 fully saturated rings. The van der Waals surface area contributed by atoms with E-state index < -0.39 is 12.1 Å². The van der Waals surface area contributed by atoms with Crippen LogP contribution in [0, 0.1) is 6.92 Å². The van der Waals surface area contributed by atoms with Gasteiger partial charge in [0.2, 0.25) is 0 Å². The lowest BCUT2D eigenvalue weighted by Gasteiger charge is -2.03. The molecule has 1 atom stereocenters. The van der Waals surface area contributed by atoms with E-state index >= 15 is 0 Å². The van der Waals surface area contributed by atoms with Crippen molar-refractivity contribution in [1.29, 1.82) is 0 Å². The number of carboxylic acid groups (broad SMARTS) is 1. The summed E-state index contributed by atoms with van der Waals surface area (Å²) in [4.78, 5) is 10.6. The van der Waals surface area contributed by atoms with Crippen LogP contribution in [0.2, 0.25) is 0 Å². The zero-order valence-electron chi connectivity index (χ0n) is 7.28. The Bertz CT molecular complexity index is 357. The van der Waals surface area contributed by atoms with Crippen LogP contribution in [0.5, 0.6) is 5.75 Å². The van der Waals surface area contributed by atoms with Crippen molar-refractivity contribution in [3.63, 3.8) is 0 Å². The van der Waals surface area contributed by atoms with Gasteiger partial charge >= 0.3 is 5.97 Å². The van der Waals surface area contributed by atoms with E-state index in [-0.39, 0.29) is 0 Å². The minimum Gasteiger partial charge on any atom is -0.478 e. The molecule has 0 aromatic heterocycles. The molecule has 0 spiro atoms. The molecule has 1 N–H and O–H groups in total. The van der Waals surface area contributed by atoms with Gasteiger partial charge in [-0.05, 0) is 24.1 Å². The van der Waals surface area contributed by atoms with Gasteiger partial charge in [-0.25, -0.2) is 4.79 Å². The minimum absolute atomic E-state index is 0.477. The highest BCUT2D eigenvalue weighted by Crippen LogP contribution is 2.29. The van der Waals surface area contributed by atoms with Gasteiger partial charge in [0, 0.05) is 6.42 Å². The first-order valence-electron chi connectivity index (χ1n) is 4.16. The van der Waals surface area contributed by atoms with Crippen molar-refractivity contribution in [3.8, 4) is 5.75 Å². The molecule has 0 saturated carbocycles. The SMILES string of the molecule is Cc1ccc2c(c1)OC(C(=O)O)C2. The van der Waals surface area contributed by atoms with E-state index in [1.54, 1.807) is 0 Å². The molecule has 1 aliphatic heterocycles. The van der Waals surface area contributed by atoms with Crippen LogP contribution in [-0.4, -0.2) is 17.2 Å². The molecule has 0 amide bonds. The minimum atomic E-state index is -0.895. The number of carbonyl (C=O) groups is 1. The summed E-state index contributed by atoms with van der Waals surface area (Å²) < 4.78 is 5.25. The van der Waals surface area contributed by atoms with Gasteiger partial charge in [-0.3, -0.25) is 0 Å². The quantitative estimate of drug-likeness (QED) is 0.706. The van der Waals surface area contributed by atoms with Gasteiger partial charge in [-0.15, -0.1) is 0 Å². The Morgan fingerprint density at radius 2 is 2.38 bits per heavy atom. The number of aliphatic carboxylic acids is 1. The fraction of sp³-hybridized carbons (Fsp3) is 0.300. The average Bonchev–Trinajstić information content (AvgIpc) is 2.46. The van der Waals surface area contributed by atoms with Crippen LogP contribution < -0.4 is 4.74 Å². The molecular formula is C10H10O3. The molecule has 0 bridgehead atoms. The van der Waals surface area contributed by atoms with E-state index in [0.717, 1.165) is 11.1 Å². The summed E-state index contributed by atoms with van der Waals surface area (Å²) in [7, 11) is 0. The fourth-order valence-corrected chi connectivity index (χ4v) is 1.47. The van der Waals surface area contributed by atoms with Gasteiger partial charge in [0.25, 0.3) is 0 Å². The second kappa shape index (κ2) is 2.76. The molecule has 3 nitrogen and oxygen atoms in total. The van der Waals surface area contributed by atoms with E-state index in [1.165, 1.54) is 0 Å². The van der Waals surface area contributed by atoms with Crippen LogP contribution in [0.4, 0.5) is 0 Å². The molecule has 0 saturated heterocycles. The van der Waals surface area contributed by atoms with Crippen LogP contribution in [0.3, 0.4) is 0 Å². The summed E-state index contributed by atoms with van der Waals surface area (Å²) in [6.45, 7) is 1.96. The number of aryl methyl sites for hydroxylation is 1. The molecule has 1 unspecified atom stereocenters. The topological polar surface area (TPSA) is 46.5 Å². The second-order valence-corrected chi connectivity index (χ2v) is 3.26. The first kappa shape index (κ1) is 8.10. The predicted molar refractivity (Wildman–Crippen MR) is 46.9 cm³/mol. The highest BCUT2D eigenvalue weighted by atomic mass is 16.5. The van der Waals surface area contributed by atoms with E-state index in [4.69, 9.17) is 9.84 Å². The van der Waals surface area contributed by atoms with Crippen LogP contribution >= 0.6 is 0 Å². The van der Waals surface area contributed by atoms with E-state index in [2.05, 4.69) is 0 Å². The molecule has 1 aromatic rings. The number of ether oxygens (including phenoxy) is 1. The van der Waals surface area contributed by atoms with Crippen molar-refractivity contribution in [2.24, 2.45) is 0 Å². The Morgan fingerprint density at radius 3 is 3.08 bits per heavy atom. The first-order chi connectivity index (χ1) is 6.16. The molecule has 0 aliphatic carbocycles. The highest BCUT2D eigenvalue weighted by Gasteiger charge is 2.28.